The molecular formula is C17H28N2O. The first kappa shape index (κ1) is 15.5. The van der Waals surface area contributed by atoms with E-state index in [4.69, 9.17) is 0 Å². The van der Waals surface area contributed by atoms with E-state index in [1.165, 1.54) is 18.4 Å². The van der Waals surface area contributed by atoms with E-state index in [-0.39, 0.29) is 0 Å². The average molecular weight is 276 g/mol. The van der Waals surface area contributed by atoms with Crippen molar-refractivity contribution in [2.45, 2.75) is 44.9 Å². The number of nitrogens with zero attached hydrogens (tertiary/aromatic N) is 2. The van der Waals surface area contributed by atoms with Crippen molar-refractivity contribution in [3.63, 3.8) is 0 Å². The largest absolute Gasteiger partial charge is 0.389 e. The van der Waals surface area contributed by atoms with Gasteiger partial charge in [-0.1, -0.05) is 30.3 Å². The Morgan fingerprint density at radius 1 is 1.20 bits per heavy atom. The molecule has 1 N–H and O–H groups in total. The average Bonchev–Trinajstić information content (AvgIpc) is 2.39. The van der Waals surface area contributed by atoms with Crippen LogP contribution in [0.15, 0.2) is 30.3 Å². The summed E-state index contributed by atoms with van der Waals surface area (Å²) < 4.78 is 0. The molecule has 3 heteroatoms. The lowest BCUT2D eigenvalue weighted by molar-refractivity contribution is 0.0183. The number of hydrogen-bond donors (Lipinski definition) is 1. The monoisotopic (exact) mass is 276 g/mol. The van der Waals surface area contributed by atoms with Crippen LogP contribution in [-0.4, -0.2) is 53.2 Å². The summed E-state index contributed by atoms with van der Waals surface area (Å²) in [5.74, 6) is 0. The van der Waals surface area contributed by atoms with Gasteiger partial charge in [0, 0.05) is 19.1 Å². The number of piperidine rings is 1. The minimum Gasteiger partial charge on any atom is -0.389 e. The summed E-state index contributed by atoms with van der Waals surface area (Å²) in [7, 11) is 2.13. The zero-order chi connectivity index (χ0) is 14.6. The smallest absolute Gasteiger partial charge is 0.0718 e. The van der Waals surface area contributed by atoms with Crippen LogP contribution in [0.1, 0.15) is 32.3 Å². The van der Waals surface area contributed by atoms with E-state index in [1.807, 2.05) is 13.8 Å². The summed E-state index contributed by atoms with van der Waals surface area (Å²) in [4.78, 5) is 4.85. The summed E-state index contributed by atoms with van der Waals surface area (Å²) in [6.45, 7) is 7.87. The lowest BCUT2D eigenvalue weighted by atomic mass is 10.0. The molecule has 0 aromatic heterocycles. The van der Waals surface area contributed by atoms with E-state index < -0.39 is 5.60 Å². The Balaban J connectivity index is 1.78. The number of benzene rings is 1. The highest BCUT2D eigenvalue weighted by Crippen LogP contribution is 2.19. The van der Waals surface area contributed by atoms with E-state index in [2.05, 4.69) is 47.2 Å². The Morgan fingerprint density at radius 2 is 1.80 bits per heavy atom. The summed E-state index contributed by atoms with van der Waals surface area (Å²) in [5, 5.41) is 9.91. The summed E-state index contributed by atoms with van der Waals surface area (Å²) in [6.07, 6.45) is 2.39. The maximum absolute atomic E-state index is 9.91. The quantitative estimate of drug-likeness (QED) is 0.894. The number of rotatable bonds is 5. The van der Waals surface area contributed by atoms with Gasteiger partial charge in [-0.05, 0) is 52.4 Å². The Bertz CT molecular complexity index is 391. The van der Waals surface area contributed by atoms with Crippen molar-refractivity contribution in [3.8, 4) is 0 Å². The Kier molecular flexibility index (Phi) is 5.19. The van der Waals surface area contributed by atoms with E-state index in [0.29, 0.717) is 6.04 Å². The van der Waals surface area contributed by atoms with Gasteiger partial charge in [-0.25, -0.2) is 0 Å². The van der Waals surface area contributed by atoms with E-state index >= 15 is 0 Å². The first-order chi connectivity index (χ1) is 9.44. The maximum Gasteiger partial charge on any atom is 0.0718 e. The zero-order valence-electron chi connectivity index (χ0n) is 13.0. The number of aliphatic hydroxyl groups is 1. The molecule has 0 atom stereocenters. The van der Waals surface area contributed by atoms with Crippen LogP contribution in [0.3, 0.4) is 0 Å². The molecule has 1 aromatic rings. The second kappa shape index (κ2) is 6.70. The Labute approximate surface area is 123 Å². The number of likely N-dealkylation sites (tertiary alicyclic amines) is 1. The molecule has 0 radical (unpaired) electrons. The molecule has 0 spiro atoms. The molecule has 0 bridgehead atoms. The lowest BCUT2D eigenvalue weighted by Crippen LogP contribution is -2.47. The molecule has 0 amide bonds. The topological polar surface area (TPSA) is 26.7 Å². The van der Waals surface area contributed by atoms with Crippen molar-refractivity contribution in [2.24, 2.45) is 0 Å². The van der Waals surface area contributed by atoms with Gasteiger partial charge in [-0.15, -0.1) is 0 Å². The van der Waals surface area contributed by atoms with Crippen molar-refractivity contribution in [2.75, 3.05) is 26.7 Å². The van der Waals surface area contributed by atoms with Gasteiger partial charge in [0.05, 0.1) is 5.60 Å². The van der Waals surface area contributed by atoms with Gasteiger partial charge in [0.2, 0.25) is 0 Å². The van der Waals surface area contributed by atoms with Crippen LogP contribution in [0.5, 0.6) is 0 Å². The lowest BCUT2D eigenvalue weighted by Gasteiger charge is -2.38. The predicted molar refractivity (Wildman–Crippen MR) is 83.7 cm³/mol. The maximum atomic E-state index is 9.91. The van der Waals surface area contributed by atoms with Gasteiger partial charge in [-0.3, -0.25) is 4.90 Å². The SMILES string of the molecule is CN(CC(C)(C)O)C1CCN(Cc2ccccc2)CC1. The molecule has 1 saturated heterocycles. The third kappa shape index (κ3) is 4.89. The summed E-state index contributed by atoms with van der Waals surface area (Å²) in [5.41, 5.74) is 0.798. The van der Waals surface area contributed by atoms with Gasteiger partial charge in [0.1, 0.15) is 0 Å². The third-order valence-electron chi connectivity index (χ3n) is 4.07. The molecule has 1 aliphatic heterocycles. The molecule has 1 aliphatic rings. The van der Waals surface area contributed by atoms with Crippen LogP contribution in [-0.2, 0) is 6.54 Å². The molecular weight excluding hydrogens is 248 g/mol. The predicted octanol–water partition coefficient (Wildman–Crippen LogP) is 2.35. The highest BCUT2D eigenvalue weighted by Gasteiger charge is 2.25. The minimum atomic E-state index is -0.601. The molecule has 2 rings (SSSR count). The molecule has 112 valence electrons. The van der Waals surface area contributed by atoms with Crippen molar-refractivity contribution in [1.82, 2.24) is 9.80 Å². The molecule has 3 nitrogen and oxygen atoms in total. The first-order valence-corrected chi connectivity index (χ1v) is 7.63. The van der Waals surface area contributed by atoms with Crippen LogP contribution in [0.4, 0.5) is 0 Å². The fraction of sp³-hybridized carbons (Fsp3) is 0.647. The number of hydrogen-bond acceptors (Lipinski definition) is 3. The van der Waals surface area contributed by atoms with Crippen molar-refractivity contribution < 1.29 is 5.11 Å². The third-order valence-corrected chi connectivity index (χ3v) is 4.07. The van der Waals surface area contributed by atoms with Gasteiger partial charge >= 0.3 is 0 Å². The second-order valence-electron chi connectivity index (χ2n) is 6.72. The van der Waals surface area contributed by atoms with Gasteiger partial charge in [-0.2, -0.15) is 0 Å². The van der Waals surface area contributed by atoms with E-state index in [1.54, 1.807) is 0 Å². The van der Waals surface area contributed by atoms with E-state index in [9.17, 15) is 5.11 Å². The molecule has 20 heavy (non-hydrogen) atoms. The fourth-order valence-corrected chi connectivity index (χ4v) is 3.10. The molecule has 1 aromatic carbocycles. The van der Waals surface area contributed by atoms with Crippen molar-refractivity contribution in [1.29, 1.82) is 0 Å². The minimum absolute atomic E-state index is 0.601. The normalized spacial score (nSPS) is 18.6. The summed E-state index contributed by atoms with van der Waals surface area (Å²) in [6, 6.07) is 11.3. The highest BCUT2D eigenvalue weighted by atomic mass is 16.3. The molecule has 0 saturated carbocycles. The first-order valence-electron chi connectivity index (χ1n) is 7.63. The Hall–Kier alpha value is -0.900. The molecule has 1 fully saturated rings. The summed E-state index contributed by atoms with van der Waals surface area (Å²) >= 11 is 0. The van der Waals surface area contributed by atoms with Crippen LogP contribution in [0.25, 0.3) is 0 Å². The van der Waals surface area contributed by atoms with Crippen LogP contribution < -0.4 is 0 Å². The fourth-order valence-electron chi connectivity index (χ4n) is 3.10. The standard InChI is InChI=1S/C17H28N2O/c1-17(2,20)14-18(3)16-9-11-19(12-10-16)13-15-7-5-4-6-8-15/h4-8,16,20H,9-14H2,1-3H3. The van der Waals surface area contributed by atoms with Crippen molar-refractivity contribution in [3.05, 3.63) is 35.9 Å². The van der Waals surface area contributed by atoms with Crippen LogP contribution in [0.2, 0.25) is 0 Å². The zero-order valence-corrected chi connectivity index (χ0v) is 13.0. The van der Waals surface area contributed by atoms with Gasteiger partial charge in [0.25, 0.3) is 0 Å². The van der Waals surface area contributed by atoms with Gasteiger partial charge < -0.3 is 10.0 Å². The second-order valence-corrected chi connectivity index (χ2v) is 6.72. The van der Waals surface area contributed by atoms with Gasteiger partial charge in [0.15, 0.2) is 0 Å². The molecule has 0 aliphatic carbocycles. The Morgan fingerprint density at radius 3 is 2.35 bits per heavy atom. The highest BCUT2D eigenvalue weighted by molar-refractivity contribution is 5.14. The number of likely N-dealkylation sites (N-methyl/N-ethyl adjacent to an activating group) is 1. The van der Waals surface area contributed by atoms with E-state index in [0.717, 1.165) is 26.2 Å². The molecule has 1 heterocycles. The van der Waals surface area contributed by atoms with Crippen molar-refractivity contribution >= 4 is 0 Å². The molecule has 0 unspecified atom stereocenters. The van der Waals surface area contributed by atoms with Crippen LogP contribution >= 0.6 is 0 Å². The van der Waals surface area contributed by atoms with Crippen LogP contribution in [0, 0.1) is 0 Å².